The third-order valence-corrected chi connectivity index (χ3v) is 1.81. The van der Waals surface area contributed by atoms with Crippen LogP contribution in [0.2, 0.25) is 0 Å². The lowest BCUT2D eigenvalue weighted by Gasteiger charge is -2.12. The molecule has 0 N–H and O–H groups in total. The Hall–Kier alpha value is -0.520. The van der Waals surface area contributed by atoms with E-state index in [0.29, 0.717) is 11.8 Å². The van der Waals surface area contributed by atoms with Crippen molar-refractivity contribution >= 4 is 0 Å². The molecular formula is C9H16. The fourth-order valence-electron chi connectivity index (χ4n) is 0.710. The lowest BCUT2D eigenvalue weighted by atomic mass is 9.93. The van der Waals surface area contributed by atoms with Crippen LogP contribution in [0.1, 0.15) is 20.3 Å². The summed E-state index contributed by atoms with van der Waals surface area (Å²) in [6.45, 7) is 11.8. The molecule has 0 bridgehead atoms. The van der Waals surface area contributed by atoms with Gasteiger partial charge in [0.25, 0.3) is 0 Å². The summed E-state index contributed by atoms with van der Waals surface area (Å²) in [5.41, 5.74) is 0. The number of allylic oxidation sites excluding steroid dienone is 2. The van der Waals surface area contributed by atoms with E-state index in [-0.39, 0.29) is 0 Å². The van der Waals surface area contributed by atoms with E-state index in [9.17, 15) is 0 Å². The van der Waals surface area contributed by atoms with Crippen molar-refractivity contribution in [3.8, 4) is 0 Å². The summed E-state index contributed by atoms with van der Waals surface area (Å²) in [4.78, 5) is 0. The molecule has 0 aromatic heterocycles. The van der Waals surface area contributed by atoms with E-state index in [1.807, 2.05) is 12.2 Å². The van der Waals surface area contributed by atoms with Crippen molar-refractivity contribution in [2.24, 2.45) is 11.8 Å². The van der Waals surface area contributed by atoms with E-state index in [0.717, 1.165) is 6.42 Å². The molecule has 0 saturated carbocycles. The predicted octanol–water partition coefficient (Wildman–Crippen LogP) is 3.02. The summed E-state index contributed by atoms with van der Waals surface area (Å²) in [7, 11) is 0. The lowest BCUT2D eigenvalue weighted by molar-refractivity contribution is 0.467. The highest BCUT2D eigenvalue weighted by molar-refractivity contribution is 4.82. The predicted molar refractivity (Wildman–Crippen MR) is 43.3 cm³/mol. The minimum atomic E-state index is 0.614. The van der Waals surface area contributed by atoms with Crippen molar-refractivity contribution in [2.45, 2.75) is 20.3 Å². The third kappa shape index (κ3) is 3.12. The number of hydrogen-bond donors (Lipinski definition) is 0. The molecule has 9 heavy (non-hydrogen) atoms. The third-order valence-electron chi connectivity index (χ3n) is 1.81. The molecule has 0 aliphatic carbocycles. The molecule has 2 unspecified atom stereocenters. The van der Waals surface area contributed by atoms with Gasteiger partial charge < -0.3 is 0 Å². The topological polar surface area (TPSA) is 0 Å². The molecule has 0 spiro atoms. The highest BCUT2D eigenvalue weighted by Gasteiger charge is 2.04. The summed E-state index contributed by atoms with van der Waals surface area (Å²) < 4.78 is 0. The Balaban J connectivity index is 3.56. The quantitative estimate of drug-likeness (QED) is 0.505. The second-order valence-electron chi connectivity index (χ2n) is 2.60. The van der Waals surface area contributed by atoms with Crippen LogP contribution < -0.4 is 0 Å². The second-order valence-corrected chi connectivity index (χ2v) is 2.60. The fourth-order valence-corrected chi connectivity index (χ4v) is 0.710. The van der Waals surface area contributed by atoms with E-state index in [4.69, 9.17) is 0 Å². The molecule has 0 aliphatic rings. The Kier molecular flexibility index (Phi) is 4.12. The number of rotatable bonds is 4. The van der Waals surface area contributed by atoms with Gasteiger partial charge in [0.15, 0.2) is 0 Å². The molecule has 0 aromatic rings. The first kappa shape index (κ1) is 8.48. The van der Waals surface area contributed by atoms with Crippen molar-refractivity contribution in [3.05, 3.63) is 25.3 Å². The lowest BCUT2D eigenvalue weighted by Crippen LogP contribution is -2.02. The largest absolute Gasteiger partial charge is 0.103 e. The molecule has 52 valence electrons. The summed E-state index contributed by atoms with van der Waals surface area (Å²) >= 11 is 0. The zero-order valence-electron chi connectivity index (χ0n) is 6.43. The van der Waals surface area contributed by atoms with Crippen LogP contribution in [0.15, 0.2) is 25.3 Å². The SMILES string of the molecule is C=CCC(C)C(C)C=C. The summed E-state index contributed by atoms with van der Waals surface area (Å²) in [6, 6.07) is 0. The zero-order valence-corrected chi connectivity index (χ0v) is 6.43. The van der Waals surface area contributed by atoms with Gasteiger partial charge in [0.2, 0.25) is 0 Å². The van der Waals surface area contributed by atoms with Crippen molar-refractivity contribution in [3.63, 3.8) is 0 Å². The highest BCUT2D eigenvalue weighted by Crippen LogP contribution is 2.15. The molecular weight excluding hydrogens is 108 g/mol. The van der Waals surface area contributed by atoms with Crippen LogP contribution in [0.5, 0.6) is 0 Å². The number of hydrogen-bond acceptors (Lipinski definition) is 0. The molecule has 0 nitrogen and oxygen atoms in total. The molecule has 0 aromatic carbocycles. The van der Waals surface area contributed by atoms with Gasteiger partial charge in [0.05, 0.1) is 0 Å². The first-order valence-electron chi connectivity index (χ1n) is 3.45. The van der Waals surface area contributed by atoms with Crippen LogP contribution in [-0.2, 0) is 0 Å². The Bertz CT molecular complexity index is 92.2. The Morgan fingerprint density at radius 1 is 1.33 bits per heavy atom. The minimum absolute atomic E-state index is 0.614. The molecule has 0 heterocycles. The normalized spacial score (nSPS) is 16.2. The van der Waals surface area contributed by atoms with Crippen LogP contribution >= 0.6 is 0 Å². The average molecular weight is 124 g/mol. The van der Waals surface area contributed by atoms with Crippen molar-refractivity contribution in [1.29, 1.82) is 0 Å². The molecule has 0 rings (SSSR count). The van der Waals surface area contributed by atoms with Crippen LogP contribution in [0, 0.1) is 11.8 Å². The highest BCUT2D eigenvalue weighted by atomic mass is 14.1. The summed E-state index contributed by atoms with van der Waals surface area (Å²) in [5.74, 6) is 1.31. The first-order valence-corrected chi connectivity index (χ1v) is 3.45. The van der Waals surface area contributed by atoms with Gasteiger partial charge in [-0.2, -0.15) is 0 Å². The minimum Gasteiger partial charge on any atom is -0.103 e. The van der Waals surface area contributed by atoms with Crippen molar-refractivity contribution in [2.75, 3.05) is 0 Å². The van der Waals surface area contributed by atoms with Gasteiger partial charge >= 0.3 is 0 Å². The van der Waals surface area contributed by atoms with Gasteiger partial charge in [-0.15, -0.1) is 13.2 Å². The fraction of sp³-hybridized carbons (Fsp3) is 0.556. The Morgan fingerprint density at radius 2 is 1.89 bits per heavy atom. The average Bonchev–Trinajstić information content (AvgIpc) is 1.87. The van der Waals surface area contributed by atoms with Crippen molar-refractivity contribution < 1.29 is 0 Å². The van der Waals surface area contributed by atoms with Gasteiger partial charge in [-0.1, -0.05) is 26.0 Å². The van der Waals surface area contributed by atoms with Crippen LogP contribution in [0.4, 0.5) is 0 Å². The van der Waals surface area contributed by atoms with Gasteiger partial charge in [-0.25, -0.2) is 0 Å². The maximum Gasteiger partial charge on any atom is -0.0236 e. The van der Waals surface area contributed by atoms with Crippen LogP contribution in [-0.4, -0.2) is 0 Å². The summed E-state index contributed by atoms with van der Waals surface area (Å²) in [5, 5.41) is 0. The molecule has 0 heteroatoms. The van der Waals surface area contributed by atoms with Gasteiger partial charge in [-0.05, 0) is 18.3 Å². The van der Waals surface area contributed by atoms with E-state index in [1.54, 1.807) is 0 Å². The maximum absolute atomic E-state index is 3.73. The van der Waals surface area contributed by atoms with Gasteiger partial charge in [0.1, 0.15) is 0 Å². The van der Waals surface area contributed by atoms with Gasteiger partial charge in [0, 0.05) is 0 Å². The smallest absolute Gasteiger partial charge is 0.0236 e. The van der Waals surface area contributed by atoms with E-state index >= 15 is 0 Å². The van der Waals surface area contributed by atoms with Gasteiger partial charge in [-0.3, -0.25) is 0 Å². The first-order chi connectivity index (χ1) is 4.22. The molecule has 0 amide bonds. The second kappa shape index (κ2) is 4.37. The van der Waals surface area contributed by atoms with E-state index in [2.05, 4.69) is 27.0 Å². The molecule has 0 radical (unpaired) electrons. The Labute approximate surface area is 58.3 Å². The maximum atomic E-state index is 3.73. The molecule has 0 fully saturated rings. The van der Waals surface area contributed by atoms with Crippen LogP contribution in [0.3, 0.4) is 0 Å². The monoisotopic (exact) mass is 124 g/mol. The Morgan fingerprint density at radius 3 is 2.22 bits per heavy atom. The standard InChI is InChI=1S/C9H16/c1-5-7-9(4)8(3)6-2/h5-6,8-9H,1-2,7H2,3-4H3. The summed E-state index contributed by atoms with van der Waals surface area (Å²) in [6.07, 6.45) is 5.05. The van der Waals surface area contributed by atoms with Crippen LogP contribution in [0.25, 0.3) is 0 Å². The zero-order chi connectivity index (χ0) is 7.28. The molecule has 0 aliphatic heterocycles. The van der Waals surface area contributed by atoms with Crippen molar-refractivity contribution in [1.82, 2.24) is 0 Å². The molecule has 0 saturated heterocycles. The molecule has 2 atom stereocenters. The van der Waals surface area contributed by atoms with E-state index < -0.39 is 0 Å². The van der Waals surface area contributed by atoms with E-state index in [1.165, 1.54) is 0 Å².